The highest BCUT2D eigenvalue weighted by Crippen LogP contribution is 2.25. The van der Waals surface area contributed by atoms with Crippen molar-refractivity contribution in [3.05, 3.63) is 83.7 Å². The van der Waals surface area contributed by atoms with E-state index in [4.69, 9.17) is 0 Å². The topological polar surface area (TPSA) is 85.2 Å². The van der Waals surface area contributed by atoms with E-state index in [1.807, 2.05) is 30.3 Å². The van der Waals surface area contributed by atoms with Crippen molar-refractivity contribution in [3.63, 3.8) is 0 Å². The Hall–Kier alpha value is -2.42. The molecule has 1 heterocycles. The lowest BCUT2D eigenvalue weighted by molar-refractivity contribution is 0.546. The molecule has 0 aliphatic rings. The number of aromatic nitrogens is 1. The lowest BCUT2D eigenvalue weighted by Gasteiger charge is -2.15. The monoisotopic (exact) mass is 446 g/mol. The zero-order valence-electron chi connectivity index (χ0n) is 17.2. The third-order valence-electron chi connectivity index (χ3n) is 4.96. The van der Waals surface area contributed by atoms with Gasteiger partial charge in [-0.1, -0.05) is 48.5 Å². The molecular weight excluding hydrogens is 420 g/mol. The Morgan fingerprint density at radius 2 is 1.47 bits per heavy atom. The molecule has 0 aliphatic heterocycles. The maximum absolute atomic E-state index is 13.0. The molecule has 1 N–H and O–H groups in total. The van der Waals surface area contributed by atoms with Gasteiger partial charge in [0.2, 0.25) is 10.0 Å². The molecule has 3 rings (SSSR count). The molecular formula is C22H26N2O4S2. The number of rotatable bonds is 8. The van der Waals surface area contributed by atoms with E-state index in [-0.39, 0.29) is 21.5 Å². The molecule has 8 heteroatoms. The van der Waals surface area contributed by atoms with E-state index in [2.05, 4.69) is 4.72 Å². The minimum Gasteiger partial charge on any atom is -0.242 e. The van der Waals surface area contributed by atoms with Crippen LogP contribution >= 0.6 is 0 Å². The minimum atomic E-state index is -3.89. The molecule has 0 radical (unpaired) electrons. The standard InChI is InChI=1S/C22H26N2O4S2/c1-17(14-15-20-10-6-4-7-11-20)23-29(25,26)22-16-18(2)24(19(22)3)30(27,28)21-12-8-5-9-13-21/h4-13,16-17,23H,14-15H2,1-3H3/t17-/m1/s1. The predicted octanol–water partition coefficient (Wildman–Crippen LogP) is 3.64. The first-order chi connectivity index (χ1) is 14.1. The Morgan fingerprint density at radius 3 is 2.07 bits per heavy atom. The predicted molar refractivity (Wildman–Crippen MR) is 117 cm³/mol. The van der Waals surface area contributed by atoms with Crippen LogP contribution in [-0.2, 0) is 26.5 Å². The van der Waals surface area contributed by atoms with Crippen LogP contribution < -0.4 is 4.72 Å². The van der Waals surface area contributed by atoms with E-state index in [0.29, 0.717) is 12.1 Å². The maximum Gasteiger partial charge on any atom is 0.268 e. The molecule has 0 saturated carbocycles. The van der Waals surface area contributed by atoms with Crippen LogP contribution in [-0.4, -0.2) is 26.8 Å². The van der Waals surface area contributed by atoms with Gasteiger partial charge in [0.25, 0.3) is 10.0 Å². The van der Waals surface area contributed by atoms with Crippen molar-refractivity contribution in [3.8, 4) is 0 Å². The SMILES string of the molecule is Cc1cc(S(=O)(=O)N[C@H](C)CCc2ccccc2)c(C)n1S(=O)(=O)c1ccccc1. The Labute approximate surface area is 178 Å². The molecule has 30 heavy (non-hydrogen) atoms. The molecule has 3 aromatic rings. The summed E-state index contributed by atoms with van der Waals surface area (Å²) in [5, 5.41) is 0. The molecule has 1 atom stereocenters. The van der Waals surface area contributed by atoms with Crippen molar-refractivity contribution in [2.75, 3.05) is 0 Å². The summed E-state index contributed by atoms with van der Waals surface area (Å²) in [6.45, 7) is 4.91. The molecule has 1 aromatic heterocycles. The lowest BCUT2D eigenvalue weighted by atomic mass is 10.1. The van der Waals surface area contributed by atoms with Crippen molar-refractivity contribution in [1.29, 1.82) is 0 Å². The first kappa shape index (κ1) is 22.3. The second-order valence-corrected chi connectivity index (χ2v) is 10.8. The van der Waals surface area contributed by atoms with E-state index in [0.717, 1.165) is 16.0 Å². The van der Waals surface area contributed by atoms with Gasteiger partial charge >= 0.3 is 0 Å². The van der Waals surface area contributed by atoms with E-state index in [1.54, 1.807) is 32.0 Å². The van der Waals surface area contributed by atoms with Crippen molar-refractivity contribution in [2.45, 2.75) is 49.4 Å². The van der Waals surface area contributed by atoms with Crippen LogP contribution in [0.4, 0.5) is 0 Å². The first-order valence-corrected chi connectivity index (χ1v) is 12.6. The number of benzene rings is 2. The number of aryl methyl sites for hydroxylation is 2. The summed E-state index contributed by atoms with van der Waals surface area (Å²) in [5.41, 5.74) is 1.64. The van der Waals surface area contributed by atoms with Gasteiger partial charge in [-0.2, -0.15) is 0 Å². The largest absolute Gasteiger partial charge is 0.268 e. The first-order valence-electron chi connectivity index (χ1n) is 9.69. The van der Waals surface area contributed by atoms with E-state index >= 15 is 0 Å². The summed E-state index contributed by atoms with van der Waals surface area (Å²) >= 11 is 0. The summed E-state index contributed by atoms with van der Waals surface area (Å²) in [6, 6.07) is 18.9. The van der Waals surface area contributed by atoms with Crippen LogP contribution in [0.3, 0.4) is 0 Å². The average molecular weight is 447 g/mol. The molecule has 0 saturated heterocycles. The Bertz CT molecular complexity index is 1220. The van der Waals surface area contributed by atoms with Crippen molar-refractivity contribution < 1.29 is 16.8 Å². The van der Waals surface area contributed by atoms with Gasteiger partial charge in [-0.15, -0.1) is 0 Å². The fourth-order valence-electron chi connectivity index (χ4n) is 3.47. The second kappa shape index (κ2) is 8.75. The van der Waals surface area contributed by atoms with E-state index < -0.39 is 20.0 Å². The van der Waals surface area contributed by atoms with Gasteiger partial charge in [0, 0.05) is 11.7 Å². The molecule has 6 nitrogen and oxygen atoms in total. The third-order valence-corrected chi connectivity index (χ3v) is 8.57. The number of nitrogens with one attached hydrogen (secondary N) is 1. The van der Waals surface area contributed by atoms with Gasteiger partial charge in [0.15, 0.2) is 0 Å². The maximum atomic E-state index is 13.0. The van der Waals surface area contributed by atoms with Crippen LogP contribution in [0.5, 0.6) is 0 Å². The van der Waals surface area contributed by atoms with Crippen molar-refractivity contribution in [1.82, 2.24) is 8.69 Å². The minimum absolute atomic E-state index is 0.0222. The summed E-state index contributed by atoms with van der Waals surface area (Å²) in [5.74, 6) is 0. The second-order valence-electron chi connectivity index (χ2n) is 7.36. The molecule has 0 amide bonds. The van der Waals surface area contributed by atoms with E-state index in [9.17, 15) is 16.8 Å². The molecule has 0 unspecified atom stereocenters. The smallest absolute Gasteiger partial charge is 0.242 e. The zero-order valence-corrected chi connectivity index (χ0v) is 18.9. The molecule has 0 bridgehead atoms. The Balaban J connectivity index is 1.84. The fraction of sp³-hybridized carbons (Fsp3) is 0.273. The highest BCUT2D eigenvalue weighted by Gasteiger charge is 2.28. The summed E-state index contributed by atoms with van der Waals surface area (Å²) < 4.78 is 55.8. The molecule has 2 aromatic carbocycles. The van der Waals surface area contributed by atoms with Crippen molar-refractivity contribution in [2.24, 2.45) is 0 Å². The van der Waals surface area contributed by atoms with Gasteiger partial charge in [-0.05, 0) is 57.4 Å². The van der Waals surface area contributed by atoms with Crippen LogP contribution in [0.25, 0.3) is 0 Å². The van der Waals surface area contributed by atoms with Gasteiger partial charge in [0.1, 0.15) is 4.90 Å². The van der Waals surface area contributed by atoms with Crippen LogP contribution in [0.1, 0.15) is 30.3 Å². The Kier molecular flexibility index (Phi) is 6.50. The molecule has 0 fully saturated rings. The molecule has 0 spiro atoms. The third kappa shape index (κ3) is 4.66. The van der Waals surface area contributed by atoms with Crippen molar-refractivity contribution >= 4 is 20.0 Å². The quantitative estimate of drug-likeness (QED) is 0.572. The summed E-state index contributed by atoms with van der Waals surface area (Å²) in [4.78, 5) is 0.0889. The normalized spacial score (nSPS) is 13.3. The van der Waals surface area contributed by atoms with Gasteiger partial charge in [-0.25, -0.2) is 25.5 Å². The van der Waals surface area contributed by atoms with E-state index in [1.165, 1.54) is 25.1 Å². The van der Waals surface area contributed by atoms with Crippen LogP contribution in [0.2, 0.25) is 0 Å². The number of hydrogen-bond acceptors (Lipinski definition) is 4. The highest BCUT2D eigenvalue weighted by atomic mass is 32.2. The highest BCUT2D eigenvalue weighted by molar-refractivity contribution is 7.90. The molecule has 0 aliphatic carbocycles. The van der Waals surface area contributed by atoms with Gasteiger partial charge < -0.3 is 0 Å². The molecule has 160 valence electrons. The zero-order chi connectivity index (χ0) is 21.9. The van der Waals surface area contributed by atoms with Crippen LogP contribution in [0.15, 0.2) is 76.5 Å². The van der Waals surface area contributed by atoms with Crippen LogP contribution in [0, 0.1) is 13.8 Å². The summed E-state index contributed by atoms with van der Waals surface area (Å²) in [6.07, 6.45) is 1.37. The lowest BCUT2D eigenvalue weighted by Crippen LogP contribution is -2.33. The number of hydrogen-bond donors (Lipinski definition) is 1. The van der Waals surface area contributed by atoms with Gasteiger partial charge in [-0.3, -0.25) is 0 Å². The van der Waals surface area contributed by atoms with Gasteiger partial charge in [0.05, 0.1) is 10.6 Å². The fourth-order valence-corrected chi connectivity index (χ4v) is 6.71. The average Bonchev–Trinajstić information content (AvgIpc) is 3.03. The number of nitrogens with zero attached hydrogens (tertiary/aromatic N) is 1. The number of sulfonamides is 1. The summed E-state index contributed by atoms with van der Waals surface area (Å²) in [7, 11) is -7.76. The Morgan fingerprint density at radius 1 is 0.900 bits per heavy atom.